The molecule has 1 heterocycles. The average molecular weight is 466 g/mol. The summed E-state index contributed by atoms with van der Waals surface area (Å²) in [5.41, 5.74) is 13.6. The number of carbonyl (C=O) groups excluding carboxylic acids is 2. The van der Waals surface area contributed by atoms with Gasteiger partial charge in [0.25, 0.3) is 0 Å². The van der Waals surface area contributed by atoms with E-state index in [-0.39, 0.29) is 11.8 Å². The zero-order valence-corrected chi connectivity index (χ0v) is 20.4. The first-order valence-electron chi connectivity index (χ1n) is 12.3. The number of hydrogen-bond acceptors (Lipinski definition) is 5. The Labute approximate surface area is 203 Å². The molecule has 0 bridgehead atoms. The highest BCUT2D eigenvalue weighted by Crippen LogP contribution is 2.35. The Morgan fingerprint density at radius 2 is 1.74 bits per heavy atom. The van der Waals surface area contributed by atoms with Crippen molar-refractivity contribution in [3.8, 4) is 0 Å². The van der Waals surface area contributed by atoms with E-state index in [9.17, 15) is 9.59 Å². The molecule has 2 aromatic rings. The van der Waals surface area contributed by atoms with Gasteiger partial charge in [0, 0.05) is 13.1 Å². The van der Waals surface area contributed by atoms with Crippen LogP contribution in [0, 0.1) is 5.92 Å². The number of carbonyl (C=O) groups is 2. The van der Waals surface area contributed by atoms with Crippen LogP contribution in [-0.2, 0) is 21.5 Å². The SMILES string of the molecule is CC(C)CCC1(c2ccccc2)NC(N)N(CCCCNC(=O)[C@@H](N)Cc2ccccc2)C1=O. The van der Waals surface area contributed by atoms with Crippen molar-refractivity contribution in [1.29, 1.82) is 0 Å². The Morgan fingerprint density at radius 1 is 1.09 bits per heavy atom. The van der Waals surface area contributed by atoms with Crippen molar-refractivity contribution in [2.24, 2.45) is 17.4 Å². The Hall–Kier alpha value is -2.74. The van der Waals surface area contributed by atoms with Crippen LogP contribution in [0.15, 0.2) is 60.7 Å². The van der Waals surface area contributed by atoms with Crippen LogP contribution in [0.5, 0.6) is 0 Å². The zero-order valence-electron chi connectivity index (χ0n) is 20.4. The number of unbranched alkanes of at least 4 members (excludes halogenated alkanes) is 1. The zero-order chi connectivity index (χ0) is 24.6. The molecule has 1 aliphatic heterocycles. The van der Waals surface area contributed by atoms with Crippen molar-refractivity contribution in [2.75, 3.05) is 13.1 Å². The third-order valence-electron chi connectivity index (χ3n) is 6.48. The predicted octanol–water partition coefficient (Wildman–Crippen LogP) is 2.46. The van der Waals surface area contributed by atoms with Crippen molar-refractivity contribution in [1.82, 2.24) is 15.5 Å². The van der Waals surface area contributed by atoms with E-state index >= 15 is 0 Å². The Balaban J connectivity index is 1.50. The van der Waals surface area contributed by atoms with Gasteiger partial charge in [-0.05, 0) is 49.1 Å². The number of nitrogens with two attached hydrogens (primary N) is 2. The summed E-state index contributed by atoms with van der Waals surface area (Å²) >= 11 is 0. The number of amides is 2. The molecule has 3 atom stereocenters. The number of nitrogens with one attached hydrogen (secondary N) is 2. The molecule has 2 aromatic carbocycles. The fraction of sp³-hybridized carbons (Fsp3) is 0.481. The maximum absolute atomic E-state index is 13.6. The number of rotatable bonds is 12. The fourth-order valence-electron chi connectivity index (χ4n) is 4.47. The van der Waals surface area contributed by atoms with E-state index in [0.29, 0.717) is 31.8 Å². The summed E-state index contributed by atoms with van der Waals surface area (Å²) in [4.78, 5) is 27.6. The third-order valence-corrected chi connectivity index (χ3v) is 6.48. The summed E-state index contributed by atoms with van der Waals surface area (Å²) in [6.45, 7) is 5.38. The van der Waals surface area contributed by atoms with Crippen LogP contribution in [0.2, 0.25) is 0 Å². The first-order valence-corrected chi connectivity index (χ1v) is 12.3. The molecule has 0 aliphatic carbocycles. The van der Waals surface area contributed by atoms with Crippen LogP contribution < -0.4 is 22.1 Å². The molecule has 1 aliphatic rings. The molecule has 0 aromatic heterocycles. The molecule has 0 spiro atoms. The highest BCUT2D eigenvalue weighted by molar-refractivity contribution is 5.90. The molecule has 3 rings (SSSR count). The van der Waals surface area contributed by atoms with E-state index in [1.807, 2.05) is 60.7 Å². The van der Waals surface area contributed by atoms with Crippen LogP contribution >= 0.6 is 0 Å². The average Bonchev–Trinajstić information content (AvgIpc) is 3.08. The summed E-state index contributed by atoms with van der Waals surface area (Å²) in [6, 6.07) is 19.0. The molecule has 7 nitrogen and oxygen atoms in total. The molecule has 1 fully saturated rings. The van der Waals surface area contributed by atoms with Gasteiger partial charge in [0.15, 0.2) is 0 Å². The summed E-state index contributed by atoms with van der Waals surface area (Å²) < 4.78 is 0. The predicted molar refractivity (Wildman–Crippen MR) is 135 cm³/mol. The van der Waals surface area contributed by atoms with Gasteiger partial charge in [0.2, 0.25) is 11.8 Å². The summed E-state index contributed by atoms with van der Waals surface area (Å²) in [5, 5.41) is 6.32. The van der Waals surface area contributed by atoms with Crippen molar-refractivity contribution < 1.29 is 9.59 Å². The van der Waals surface area contributed by atoms with Crippen LogP contribution in [0.3, 0.4) is 0 Å². The lowest BCUT2D eigenvalue weighted by molar-refractivity contribution is -0.134. The lowest BCUT2D eigenvalue weighted by atomic mass is 9.83. The molecule has 2 amide bonds. The Morgan fingerprint density at radius 3 is 2.38 bits per heavy atom. The maximum atomic E-state index is 13.6. The first kappa shape index (κ1) is 25.9. The monoisotopic (exact) mass is 465 g/mol. The minimum Gasteiger partial charge on any atom is -0.355 e. The molecule has 6 N–H and O–H groups in total. The fourth-order valence-corrected chi connectivity index (χ4v) is 4.47. The van der Waals surface area contributed by atoms with Crippen molar-refractivity contribution >= 4 is 11.8 Å². The number of benzene rings is 2. The van der Waals surface area contributed by atoms with E-state index in [1.165, 1.54) is 0 Å². The summed E-state index contributed by atoms with van der Waals surface area (Å²) in [7, 11) is 0. The smallest absolute Gasteiger partial charge is 0.249 e. The van der Waals surface area contributed by atoms with Gasteiger partial charge in [-0.2, -0.15) is 0 Å². The molecule has 7 heteroatoms. The lowest BCUT2D eigenvalue weighted by Gasteiger charge is -2.29. The Kier molecular flexibility index (Phi) is 9.21. The largest absolute Gasteiger partial charge is 0.355 e. The normalized spacial score (nSPS) is 21.1. The molecule has 34 heavy (non-hydrogen) atoms. The molecular weight excluding hydrogens is 426 g/mol. The van der Waals surface area contributed by atoms with Gasteiger partial charge in [0.05, 0.1) is 6.04 Å². The van der Waals surface area contributed by atoms with E-state index in [1.54, 1.807) is 4.90 Å². The van der Waals surface area contributed by atoms with Crippen molar-refractivity contribution in [2.45, 2.75) is 63.8 Å². The molecule has 184 valence electrons. The van der Waals surface area contributed by atoms with Crippen molar-refractivity contribution in [3.05, 3.63) is 71.8 Å². The van der Waals surface area contributed by atoms with Gasteiger partial charge in [-0.15, -0.1) is 0 Å². The first-order chi connectivity index (χ1) is 16.3. The van der Waals surface area contributed by atoms with Crippen LogP contribution in [0.1, 0.15) is 50.7 Å². The van der Waals surface area contributed by atoms with Gasteiger partial charge in [-0.1, -0.05) is 74.5 Å². The summed E-state index contributed by atoms with van der Waals surface area (Å²) in [6.07, 6.45) is 3.08. The lowest BCUT2D eigenvalue weighted by Crippen LogP contribution is -2.47. The minimum absolute atomic E-state index is 0.0285. The molecule has 2 unspecified atom stereocenters. The number of hydrogen-bond donors (Lipinski definition) is 4. The standard InChI is InChI=1S/C27H39N5O2/c1-20(2)15-16-27(22-13-7-4-8-14-22)25(34)32(26(29)31-27)18-10-9-17-30-24(33)23(28)19-21-11-5-3-6-12-21/h3-8,11-14,20,23,26,31H,9-10,15-19,28-29H2,1-2H3,(H,30,33)/t23-,26?,27?/m0/s1. The van der Waals surface area contributed by atoms with Gasteiger partial charge >= 0.3 is 0 Å². The van der Waals surface area contributed by atoms with Gasteiger partial charge in [0.1, 0.15) is 11.8 Å². The van der Waals surface area contributed by atoms with E-state index in [4.69, 9.17) is 11.5 Å². The van der Waals surface area contributed by atoms with Gasteiger partial charge < -0.3 is 16.0 Å². The third kappa shape index (κ3) is 6.44. The topological polar surface area (TPSA) is 113 Å². The highest BCUT2D eigenvalue weighted by atomic mass is 16.2. The Bertz CT molecular complexity index is 921. The highest BCUT2D eigenvalue weighted by Gasteiger charge is 2.50. The van der Waals surface area contributed by atoms with Crippen LogP contribution in [0.25, 0.3) is 0 Å². The van der Waals surface area contributed by atoms with Crippen molar-refractivity contribution in [3.63, 3.8) is 0 Å². The second-order valence-corrected chi connectivity index (χ2v) is 9.59. The second kappa shape index (κ2) is 12.1. The van der Waals surface area contributed by atoms with Gasteiger partial charge in [-0.3, -0.25) is 20.6 Å². The van der Waals surface area contributed by atoms with E-state index in [0.717, 1.165) is 30.4 Å². The molecule has 1 saturated heterocycles. The maximum Gasteiger partial charge on any atom is 0.249 e. The quantitative estimate of drug-likeness (QED) is 0.360. The van der Waals surface area contributed by atoms with Gasteiger partial charge in [-0.25, -0.2) is 0 Å². The molecule has 0 radical (unpaired) electrons. The van der Waals surface area contributed by atoms with E-state index < -0.39 is 17.9 Å². The number of nitrogens with zero attached hydrogens (tertiary/aromatic N) is 1. The minimum atomic E-state index is -0.788. The second-order valence-electron chi connectivity index (χ2n) is 9.59. The molecular formula is C27H39N5O2. The van der Waals surface area contributed by atoms with E-state index in [2.05, 4.69) is 24.5 Å². The van der Waals surface area contributed by atoms with Crippen LogP contribution in [-0.4, -0.2) is 42.1 Å². The summed E-state index contributed by atoms with van der Waals surface area (Å²) in [5.74, 6) is 0.356. The molecule has 0 saturated carbocycles. The van der Waals surface area contributed by atoms with Crippen LogP contribution in [0.4, 0.5) is 0 Å².